The number of aliphatic hydroxyl groups excluding tert-OH is 2. The van der Waals surface area contributed by atoms with Crippen LogP contribution in [0.3, 0.4) is 0 Å². The predicted molar refractivity (Wildman–Crippen MR) is 68.5 cm³/mol. The first kappa shape index (κ1) is 13.5. The van der Waals surface area contributed by atoms with Crippen LogP contribution in [0.1, 0.15) is 18.1 Å². The molecule has 1 aromatic carbocycles. The second-order valence-electron chi connectivity index (χ2n) is 3.73. The molecule has 1 atom stereocenters. The van der Waals surface area contributed by atoms with E-state index in [9.17, 15) is 5.11 Å². The number of aliphatic hydroxyl groups is 2. The van der Waals surface area contributed by atoms with Crippen LogP contribution < -0.4 is 0 Å². The van der Waals surface area contributed by atoms with Crippen LogP contribution in [-0.2, 0) is 6.61 Å². The lowest BCUT2D eigenvalue weighted by molar-refractivity contribution is 0.274. The summed E-state index contributed by atoms with van der Waals surface area (Å²) in [6, 6.07) is 5.07. The third kappa shape index (κ3) is 3.73. The van der Waals surface area contributed by atoms with Crippen LogP contribution in [0.4, 0.5) is 0 Å². The first-order valence-corrected chi connectivity index (χ1v) is 5.56. The molecular formula is C14H18O3. The lowest BCUT2D eigenvalue weighted by Crippen LogP contribution is -1.98. The van der Waals surface area contributed by atoms with Gasteiger partial charge in [-0.3, -0.25) is 0 Å². The number of hydrogen-bond acceptors (Lipinski definition) is 3. The Balaban J connectivity index is 2.94. The van der Waals surface area contributed by atoms with E-state index in [0.29, 0.717) is 5.56 Å². The minimum absolute atomic E-state index is 0.0358. The Labute approximate surface area is 101 Å². The van der Waals surface area contributed by atoms with E-state index < -0.39 is 0 Å². The molecule has 0 aromatic heterocycles. The summed E-state index contributed by atoms with van der Waals surface area (Å²) in [6.45, 7) is 1.72. The fourth-order valence-electron chi connectivity index (χ4n) is 1.58. The summed E-state index contributed by atoms with van der Waals surface area (Å²) < 4.78 is 0. The van der Waals surface area contributed by atoms with Crippen molar-refractivity contribution >= 4 is 6.08 Å². The van der Waals surface area contributed by atoms with Crippen molar-refractivity contribution in [3.63, 3.8) is 0 Å². The zero-order valence-electron chi connectivity index (χ0n) is 9.87. The summed E-state index contributed by atoms with van der Waals surface area (Å²) >= 11 is 0. The van der Waals surface area contributed by atoms with E-state index in [0.717, 1.165) is 5.56 Å². The Morgan fingerprint density at radius 2 is 2.00 bits per heavy atom. The fraction of sp³-hybridized carbons (Fsp3) is 0.286. The lowest BCUT2D eigenvalue weighted by atomic mass is 10.0. The molecule has 0 aliphatic heterocycles. The zero-order chi connectivity index (χ0) is 12.7. The van der Waals surface area contributed by atoms with Crippen LogP contribution in [0.15, 0.2) is 36.4 Å². The van der Waals surface area contributed by atoms with E-state index in [1.165, 1.54) is 0 Å². The van der Waals surface area contributed by atoms with Crippen LogP contribution in [0.2, 0.25) is 0 Å². The molecule has 92 valence electrons. The largest absolute Gasteiger partial charge is 0.508 e. The van der Waals surface area contributed by atoms with Crippen molar-refractivity contribution in [2.45, 2.75) is 13.5 Å². The lowest BCUT2D eigenvalue weighted by Gasteiger charge is -2.06. The standard InChI is InChI=1S/C14H18O3/c1-2-4-11(9-15)7-8-12-5-3-6-14(17)13(12)10-16/h2-8,11,15-17H,9-10H2,1H3/b4-2+,8-7+/t11-/m1/s1. The molecule has 0 fully saturated rings. The maximum absolute atomic E-state index is 9.56. The molecule has 3 N–H and O–H groups in total. The highest BCUT2D eigenvalue weighted by Crippen LogP contribution is 2.22. The van der Waals surface area contributed by atoms with Crippen LogP contribution in [0.5, 0.6) is 5.75 Å². The normalized spacial score (nSPS) is 13.6. The van der Waals surface area contributed by atoms with Gasteiger partial charge in [-0.15, -0.1) is 0 Å². The van der Waals surface area contributed by atoms with E-state index in [1.54, 1.807) is 18.2 Å². The first-order valence-electron chi connectivity index (χ1n) is 5.56. The van der Waals surface area contributed by atoms with E-state index in [-0.39, 0.29) is 24.9 Å². The molecule has 1 rings (SSSR count). The van der Waals surface area contributed by atoms with Gasteiger partial charge >= 0.3 is 0 Å². The maximum atomic E-state index is 9.56. The number of allylic oxidation sites excluding steroid dienone is 1. The molecule has 0 spiro atoms. The highest BCUT2D eigenvalue weighted by atomic mass is 16.3. The van der Waals surface area contributed by atoms with Crippen molar-refractivity contribution in [1.82, 2.24) is 0 Å². The van der Waals surface area contributed by atoms with Gasteiger partial charge in [0.15, 0.2) is 0 Å². The third-order valence-corrected chi connectivity index (χ3v) is 2.52. The van der Waals surface area contributed by atoms with Crippen molar-refractivity contribution in [1.29, 1.82) is 0 Å². The number of rotatable bonds is 5. The van der Waals surface area contributed by atoms with Crippen molar-refractivity contribution in [2.24, 2.45) is 5.92 Å². The monoisotopic (exact) mass is 234 g/mol. The van der Waals surface area contributed by atoms with Gasteiger partial charge in [0.1, 0.15) is 5.75 Å². The summed E-state index contributed by atoms with van der Waals surface area (Å²) in [5.41, 5.74) is 1.26. The molecule has 0 saturated carbocycles. The van der Waals surface area contributed by atoms with Gasteiger partial charge in [-0.1, -0.05) is 36.4 Å². The second kappa shape index (κ2) is 6.89. The Hall–Kier alpha value is -1.58. The molecule has 0 bridgehead atoms. The Kier molecular flexibility index (Phi) is 5.46. The SMILES string of the molecule is C/C=C/[C@H](/C=C/c1cccc(O)c1CO)CO. The van der Waals surface area contributed by atoms with Gasteiger partial charge in [-0.2, -0.15) is 0 Å². The Bertz CT molecular complexity index is 408. The predicted octanol–water partition coefficient (Wildman–Crippen LogP) is 2.08. The van der Waals surface area contributed by atoms with Crippen LogP contribution in [0, 0.1) is 5.92 Å². The number of aromatic hydroxyl groups is 1. The van der Waals surface area contributed by atoms with E-state index in [2.05, 4.69) is 0 Å². The number of phenols is 1. The van der Waals surface area contributed by atoms with Gasteiger partial charge < -0.3 is 15.3 Å². The topological polar surface area (TPSA) is 60.7 Å². The summed E-state index contributed by atoms with van der Waals surface area (Å²) in [6.07, 6.45) is 7.40. The molecule has 0 saturated heterocycles. The van der Waals surface area contributed by atoms with Crippen LogP contribution in [0.25, 0.3) is 6.08 Å². The molecule has 0 radical (unpaired) electrons. The van der Waals surface area contributed by atoms with Gasteiger partial charge in [0.2, 0.25) is 0 Å². The van der Waals surface area contributed by atoms with Crippen LogP contribution in [-0.4, -0.2) is 21.9 Å². The molecule has 0 heterocycles. The smallest absolute Gasteiger partial charge is 0.121 e. The van der Waals surface area contributed by atoms with Gasteiger partial charge in [0, 0.05) is 11.5 Å². The number of benzene rings is 1. The van der Waals surface area contributed by atoms with Crippen LogP contribution >= 0.6 is 0 Å². The first-order chi connectivity index (χ1) is 8.22. The van der Waals surface area contributed by atoms with Crippen molar-refractivity contribution in [2.75, 3.05) is 6.61 Å². The van der Waals surface area contributed by atoms with Gasteiger partial charge in [-0.25, -0.2) is 0 Å². The summed E-state index contributed by atoms with van der Waals surface area (Å²) in [4.78, 5) is 0. The highest BCUT2D eigenvalue weighted by Gasteiger charge is 2.04. The molecule has 3 heteroatoms. The molecule has 0 aliphatic rings. The van der Waals surface area contributed by atoms with Crippen molar-refractivity contribution < 1.29 is 15.3 Å². The maximum Gasteiger partial charge on any atom is 0.121 e. The fourth-order valence-corrected chi connectivity index (χ4v) is 1.58. The van der Waals surface area contributed by atoms with E-state index in [4.69, 9.17) is 10.2 Å². The van der Waals surface area contributed by atoms with Gasteiger partial charge in [0.05, 0.1) is 13.2 Å². The molecule has 0 unspecified atom stereocenters. The molecule has 0 aliphatic carbocycles. The van der Waals surface area contributed by atoms with Crippen molar-refractivity contribution in [3.8, 4) is 5.75 Å². The Morgan fingerprint density at radius 1 is 1.24 bits per heavy atom. The molecule has 3 nitrogen and oxygen atoms in total. The average molecular weight is 234 g/mol. The summed E-state index contributed by atoms with van der Waals surface area (Å²) in [5, 5.41) is 27.8. The summed E-state index contributed by atoms with van der Waals surface area (Å²) in [5.74, 6) is 0.0372. The zero-order valence-corrected chi connectivity index (χ0v) is 9.87. The summed E-state index contributed by atoms with van der Waals surface area (Å²) in [7, 11) is 0. The minimum atomic E-state index is -0.209. The molecular weight excluding hydrogens is 216 g/mol. The Morgan fingerprint density at radius 3 is 2.59 bits per heavy atom. The quantitative estimate of drug-likeness (QED) is 0.684. The van der Waals surface area contributed by atoms with Gasteiger partial charge in [0.25, 0.3) is 0 Å². The third-order valence-electron chi connectivity index (χ3n) is 2.52. The number of hydrogen-bond donors (Lipinski definition) is 3. The van der Waals surface area contributed by atoms with E-state index in [1.807, 2.05) is 31.2 Å². The minimum Gasteiger partial charge on any atom is -0.508 e. The average Bonchev–Trinajstić information content (AvgIpc) is 2.34. The molecule has 0 amide bonds. The second-order valence-corrected chi connectivity index (χ2v) is 3.73. The van der Waals surface area contributed by atoms with Gasteiger partial charge in [-0.05, 0) is 18.6 Å². The highest BCUT2D eigenvalue weighted by molar-refractivity contribution is 5.57. The molecule has 17 heavy (non-hydrogen) atoms. The van der Waals surface area contributed by atoms with Crippen molar-refractivity contribution in [3.05, 3.63) is 47.6 Å². The molecule has 1 aromatic rings. The van der Waals surface area contributed by atoms with E-state index >= 15 is 0 Å².